The van der Waals surface area contributed by atoms with Crippen LogP contribution in [0.1, 0.15) is 100 Å². The second kappa shape index (κ2) is 18.1. The van der Waals surface area contributed by atoms with E-state index in [0.29, 0.717) is 17.4 Å². The molecule has 0 spiro atoms. The number of nitrogens with zero attached hydrogens (tertiary/aromatic N) is 1. The quantitative estimate of drug-likeness (QED) is 0.115. The first-order chi connectivity index (χ1) is 19.0. The maximum absolute atomic E-state index is 12.6. The van der Waals surface area contributed by atoms with Crippen LogP contribution in [-0.4, -0.2) is 12.5 Å². The highest BCUT2D eigenvalue weighted by molar-refractivity contribution is 7.09. The third kappa shape index (κ3) is 12.1. The number of carbonyl (C=O) groups is 1. The third-order valence-electron chi connectivity index (χ3n) is 7.09. The van der Waals surface area contributed by atoms with Crippen molar-refractivity contribution in [2.45, 2.75) is 104 Å². The van der Waals surface area contributed by atoms with Gasteiger partial charge in [0.25, 0.3) is 0 Å². The highest BCUT2D eigenvalue weighted by Gasteiger charge is 2.10. The predicted octanol–water partition coefficient (Wildman–Crippen LogP) is 9.31. The van der Waals surface area contributed by atoms with Crippen LogP contribution in [0.15, 0.2) is 54.0 Å². The highest BCUT2D eigenvalue weighted by Crippen LogP contribution is 2.26. The van der Waals surface area contributed by atoms with Crippen LogP contribution < -0.4 is 14.6 Å². The van der Waals surface area contributed by atoms with E-state index in [1.54, 1.807) is 11.3 Å². The molecule has 0 saturated carbocycles. The molecule has 0 fully saturated rings. The Morgan fingerprint density at radius 3 is 2.08 bits per heavy atom. The Kier molecular flexibility index (Phi) is 14.4. The summed E-state index contributed by atoms with van der Waals surface area (Å²) in [6.07, 6.45) is 18.3. The van der Waals surface area contributed by atoms with Crippen LogP contribution in [0.3, 0.4) is 0 Å². The number of carbonyl (C=O) groups excluding carboxylic acids is 1. The summed E-state index contributed by atoms with van der Waals surface area (Å²) in [5, 5.41) is 6.91. The van der Waals surface area contributed by atoms with Gasteiger partial charge in [0.1, 0.15) is 5.75 Å². The number of ether oxygens (including phenoxy) is 1. The predicted molar refractivity (Wildman–Crippen MR) is 165 cm³/mol. The van der Waals surface area contributed by atoms with Gasteiger partial charge in [-0.1, -0.05) is 119 Å². The van der Waals surface area contributed by atoms with E-state index in [2.05, 4.69) is 47.4 Å². The Labute approximate surface area is 244 Å². The highest BCUT2D eigenvalue weighted by atomic mass is 35.5. The fourth-order valence-electron chi connectivity index (χ4n) is 4.72. The first-order valence-electron chi connectivity index (χ1n) is 14.8. The number of benzene rings is 2. The minimum Gasteiger partial charge on any atom is -0.492 e. The molecule has 1 amide bonds. The zero-order valence-corrected chi connectivity index (χ0v) is 25.4. The van der Waals surface area contributed by atoms with Gasteiger partial charge in [0.05, 0.1) is 23.4 Å². The number of aromatic nitrogens is 1. The Morgan fingerprint density at radius 1 is 0.872 bits per heavy atom. The first-order valence-corrected chi connectivity index (χ1v) is 16.0. The molecule has 0 bridgehead atoms. The van der Waals surface area contributed by atoms with E-state index in [0.717, 1.165) is 24.2 Å². The molecule has 1 aromatic heterocycles. The van der Waals surface area contributed by atoms with Crippen LogP contribution in [-0.2, 0) is 17.8 Å². The van der Waals surface area contributed by atoms with Crippen molar-refractivity contribution in [2.75, 3.05) is 11.9 Å². The maximum Gasteiger partial charge on any atom is 0.234 e. The lowest BCUT2D eigenvalue weighted by molar-refractivity contribution is -0.689. The monoisotopic (exact) mass is 569 g/mol. The van der Waals surface area contributed by atoms with Crippen molar-refractivity contribution < 1.29 is 14.1 Å². The van der Waals surface area contributed by atoms with E-state index >= 15 is 0 Å². The van der Waals surface area contributed by atoms with Crippen molar-refractivity contribution in [1.29, 1.82) is 0 Å². The molecule has 2 aromatic carbocycles. The lowest BCUT2D eigenvalue weighted by Crippen LogP contribution is -2.34. The van der Waals surface area contributed by atoms with Gasteiger partial charge in [-0.05, 0) is 36.2 Å². The standard InChI is InChI=1S/C33H45ClN2O2S/c1-3-4-5-6-7-8-9-10-11-12-13-14-22-38-32-20-17-29(24-31(32)34)25-33(37)35-30-18-15-28(16-19-30)26-36-21-23-39-27(36)2/h15-21,23-24H,3-14,22,25-26H2,1-2H3/p+1. The van der Waals surface area contributed by atoms with Crippen LogP contribution in [0.2, 0.25) is 5.02 Å². The summed E-state index contributed by atoms with van der Waals surface area (Å²) in [4.78, 5) is 12.6. The summed E-state index contributed by atoms with van der Waals surface area (Å²) in [6, 6.07) is 13.7. The molecule has 6 heteroatoms. The number of halogens is 1. The van der Waals surface area contributed by atoms with Gasteiger partial charge in [0, 0.05) is 18.2 Å². The van der Waals surface area contributed by atoms with E-state index < -0.39 is 0 Å². The van der Waals surface area contributed by atoms with E-state index in [9.17, 15) is 4.79 Å². The van der Waals surface area contributed by atoms with Gasteiger partial charge in [-0.15, -0.1) is 0 Å². The fourth-order valence-corrected chi connectivity index (χ4v) is 5.64. The summed E-state index contributed by atoms with van der Waals surface area (Å²) in [5.74, 6) is 0.630. The zero-order chi connectivity index (χ0) is 27.7. The summed E-state index contributed by atoms with van der Waals surface area (Å²) >= 11 is 8.19. The van der Waals surface area contributed by atoms with Crippen molar-refractivity contribution in [3.63, 3.8) is 0 Å². The second-order valence-electron chi connectivity index (χ2n) is 10.5. The van der Waals surface area contributed by atoms with Gasteiger partial charge in [-0.3, -0.25) is 4.79 Å². The van der Waals surface area contributed by atoms with E-state index in [-0.39, 0.29) is 12.3 Å². The summed E-state index contributed by atoms with van der Waals surface area (Å²) < 4.78 is 8.12. The molecule has 0 saturated heterocycles. The minimum absolute atomic E-state index is 0.0629. The molecule has 3 aromatic rings. The number of thiazole rings is 1. The number of amides is 1. The smallest absolute Gasteiger partial charge is 0.234 e. The lowest BCUT2D eigenvalue weighted by Gasteiger charge is -2.10. The summed E-state index contributed by atoms with van der Waals surface area (Å²) in [7, 11) is 0. The van der Waals surface area contributed by atoms with Crippen molar-refractivity contribution in [3.05, 3.63) is 75.2 Å². The van der Waals surface area contributed by atoms with Gasteiger partial charge < -0.3 is 10.1 Å². The van der Waals surface area contributed by atoms with Crippen molar-refractivity contribution in [1.82, 2.24) is 0 Å². The molecule has 0 aliphatic rings. The number of anilines is 1. The molecule has 39 heavy (non-hydrogen) atoms. The Bertz CT molecular complexity index is 1110. The Morgan fingerprint density at radius 2 is 1.49 bits per heavy atom. The number of unbranched alkanes of at least 4 members (excludes halogenated alkanes) is 11. The van der Waals surface area contributed by atoms with E-state index in [1.807, 2.05) is 30.3 Å². The minimum atomic E-state index is -0.0629. The number of aryl methyl sites for hydroxylation is 1. The number of rotatable bonds is 19. The van der Waals surface area contributed by atoms with Crippen LogP contribution in [0.5, 0.6) is 5.75 Å². The molecule has 3 rings (SSSR count). The fraction of sp³-hybridized carbons (Fsp3) is 0.515. The molecule has 1 N–H and O–H groups in total. The van der Waals surface area contributed by atoms with Crippen molar-refractivity contribution in [3.8, 4) is 5.75 Å². The number of nitrogens with one attached hydrogen (secondary N) is 1. The molecule has 0 unspecified atom stereocenters. The summed E-state index contributed by atoms with van der Waals surface area (Å²) in [5.41, 5.74) is 2.87. The van der Waals surface area contributed by atoms with Crippen LogP contribution >= 0.6 is 22.9 Å². The average Bonchev–Trinajstić information content (AvgIpc) is 3.33. The third-order valence-corrected chi connectivity index (χ3v) is 8.22. The topological polar surface area (TPSA) is 42.2 Å². The molecule has 0 radical (unpaired) electrons. The second-order valence-corrected chi connectivity index (χ2v) is 12.0. The van der Waals surface area contributed by atoms with Gasteiger partial charge in [0.2, 0.25) is 10.9 Å². The van der Waals surface area contributed by atoms with E-state index in [4.69, 9.17) is 16.3 Å². The summed E-state index contributed by atoms with van der Waals surface area (Å²) in [6.45, 7) is 5.89. The molecule has 212 valence electrons. The average molecular weight is 570 g/mol. The Hall–Kier alpha value is -2.37. The molecule has 0 aliphatic carbocycles. The van der Waals surface area contributed by atoms with E-state index in [1.165, 1.54) is 81.2 Å². The van der Waals surface area contributed by atoms with Gasteiger partial charge in [-0.25, -0.2) is 0 Å². The lowest BCUT2D eigenvalue weighted by atomic mass is 10.1. The molecule has 1 heterocycles. The molecular weight excluding hydrogens is 524 g/mol. The zero-order valence-electron chi connectivity index (χ0n) is 23.9. The van der Waals surface area contributed by atoms with Crippen LogP contribution in [0.4, 0.5) is 5.69 Å². The maximum atomic E-state index is 12.6. The van der Waals surface area contributed by atoms with Gasteiger partial charge >= 0.3 is 0 Å². The van der Waals surface area contributed by atoms with Gasteiger partial charge in [0.15, 0.2) is 12.7 Å². The normalized spacial score (nSPS) is 11.1. The van der Waals surface area contributed by atoms with Crippen LogP contribution in [0.25, 0.3) is 0 Å². The van der Waals surface area contributed by atoms with Gasteiger partial charge in [-0.2, -0.15) is 4.57 Å². The molecular formula is C33H46ClN2O2S+. The van der Waals surface area contributed by atoms with Crippen molar-refractivity contribution >= 4 is 34.5 Å². The molecule has 0 atom stereocenters. The SMILES string of the molecule is CCCCCCCCCCCCCCOc1ccc(CC(=O)Nc2ccc(C[n+]3ccsc3C)cc2)cc1Cl. The van der Waals surface area contributed by atoms with Crippen molar-refractivity contribution in [2.24, 2.45) is 0 Å². The molecule has 0 aliphatic heterocycles. The van der Waals surface area contributed by atoms with Crippen LogP contribution in [0, 0.1) is 6.92 Å². The largest absolute Gasteiger partial charge is 0.492 e. The first kappa shape index (κ1) is 31.2. The number of hydrogen-bond acceptors (Lipinski definition) is 3. The number of hydrogen-bond donors (Lipinski definition) is 1. The molecule has 4 nitrogen and oxygen atoms in total. The Balaban J connectivity index is 1.28.